The second kappa shape index (κ2) is 6.87. The van der Waals surface area contributed by atoms with Crippen LogP contribution in [0.3, 0.4) is 0 Å². The van der Waals surface area contributed by atoms with Crippen LogP contribution in [-0.2, 0) is 4.74 Å². The monoisotopic (exact) mass is 267 g/mol. The van der Waals surface area contributed by atoms with Crippen LogP contribution < -0.4 is 10.1 Å². The zero-order chi connectivity index (χ0) is 13.7. The van der Waals surface area contributed by atoms with Crippen molar-refractivity contribution in [3.63, 3.8) is 0 Å². The molecule has 1 N–H and O–H groups in total. The summed E-state index contributed by atoms with van der Waals surface area (Å²) in [4.78, 5) is 0. The van der Waals surface area contributed by atoms with Crippen LogP contribution in [0.4, 0.5) is 4.39 Å². The van der Waals surface area contributed by atoms with E-state index < -0.39 is 0 Å². The van der Waals surface area contributed by atoms with Gasteiger partial charge in [0.05, 0.1) is 19.3 Å². The number of rotatable bonds is 6. The van der Waals surface area contributed by atoms with Crippen molar-refractivity contribution >= 4 is 0 Å². The summed E-state index contributed by atoms with van der Waals surface area (Å²) in [6.07, 6.45) is 3.11. The molecule has 0 radical (unpaired) electrons. The molecule has 0 aromatic heterocycles. The third-order valence-electron chi connectivity index (χ3n) is 3.49. The van der Waals surface area contributed by atoms with Gasteiger partial charge in [-0.3, -0.25) is 0 Å². The van der Waals surface area contributed by atoms with Gasteiger partial charge in [0.25, 0.3) is 0 Å². The minimum atomic E-state index is -0.233. The van der Waals surface area contributed by atoms with Crippen LogP contribution in [0.2, 0.25) is 0 Å². The largest absolute Gasteiger partial charge is 0.497 e. The SMILES string of the molecule is CCCNC(c1ccc(OC)cc1F)C1CCCO1. The third kappa shape index (κ3) is 3.45. The van der Waals surface area contributed by atoms with Gasteiger partial charge in [0, 0.05) is 18.2 Å². The minimum absolute atomic E-state index is 0.0643. The van der Waals surface area contributed by atoms with Gasteiger partial charge >= 0.3 is 0 Å². The standard InChI is InChI=1S/C15H22FNO2/c1-3-8-17-15(14-5-4-9-19-14)12-7-6-11(18-2)10-13(12)16/h6-7,10,14-15,17H,3-5,8-9H2,1-2H3. The molecule has 2 atom stereocenters. The van der Waals surface area contributed by atoms with Gasteiger partial charge in [-0.1, -0.05) is 13.0 Å². The van der Waals surface area contributed by atoms with E-state index in [1.54, 1.807) is 19.2 Å². The van der Waals surface area contributed by atoms with E-state index in [1.807, 2.05) is 0 Å². The normalized spacial score (nSPS) is 20.5. The van der Waals surface area contributed by atoms with Crippen molar-refractivity contribution in [1.82, 2.24) is 5.32 Å². The van der Waals surface area contributed by atoms with E-state index in [1.165, 1.54) is 6.07 Å². The molecule has 0 saturated carbocycles. The highest BCUT2D eigenvalue weighted by Crippen LogP contribution is 2.30. The maximum Gasteiger partial charge on any atom is 0.131 e. The van der Waals surface area contributed by atoms with Gasteiger partial charge in [-0.15, -0.1) is 0 Å². The molecule has 19 heavy (non-hydrogen) atoms. The lowest BCUT2D eigenvalue weighted by atomic mass is 9.98. The van der Waals surface area contributed by atoms with Crippen molar-refractivity contribution < 1.29 is 13.9 Å². The number of hydrogen-bond acceptors (Lipinski definition) is 3. The molecule has 4 heteroatoms. The van der Waals surface area contributed by atoms with Gasteiger partial charge in [-0.05, 0) is 31.9 Å². The molecule has 0 bridgehead atoms. The molecule has 2 rings (SSSR count). The second-order valence-corrected chi connectivity index (χ2v) is 4.87. The quantitative estimate of drug-likeness (QED) is 0.859. The Balaban J connectivity index is 2.20. The Morgan fingerprint density at radius 1 is 1.53 bits per heavy atom. The lowest BCUT2D eigenvalue weighted by Crippen LogP contribution is -2.32. The van der Waals surface area contributed by atoms with Crippen LogP contribution in [0.15, 0.2) is 18.2 Å². The number of halogens is 1. The zero-order valence-electron chi connectivity index (χ0n) is 11.6. The summed E-state index contributed by atoms with van der Waals surface area (Å²) in [7, 11) is 1.54. The first-order valence-electron chi connectivity index (χ1n) is 6.94. The predicted molar refractivity (Wildman–Crippen MR) is 73.0 cm³/mol. The molecule has 1 fully saturated rings. The average molecular weight is 267 g/mol. The first-order valence-corrected chi connectivity index (χ1v) is 6.94. The summed E-state index contributed by atoms with van der Waals surface area (Å²) in [6.45, 7) is 3.73. The number of nitrogens with one attached hydrogen (secondary N) is 1. The Morgan fingerprint density at radius 2 is 2.37 bits per heavy atom. The van der Waals surface area contributed by atoms with Gasteiger partial charge < -0.3 is 14.8 Å². The van der Waals surface area contributed by atoms with E-state index in [0.717, 1.165) is 32.4 Å². The molecule has 1 aliphatic rings. The Labute approximate surface area is 114 Å². The molecule has 106 valence electrons. The van der Waals surface area contributed by atoms with Crippen molar-refractivity contribution in [1.29, 1.82) is 0 Å². The maximum atomic E-state index is 14.2. The van der Waals surface area contributed by atoms with Crippen LogP contribution in [0, 0.1) is 5.82 Å². The maximum absolute atomic E-state index is 14.2. The van der Waals surface area contributed by atoms with Gasteiger partial charge in [0.1, 0.15) is 11.6 Å². The molecule has 1 aliphatic heterocycles. The second-order valence-electron chi connectivity index (χ2n) is 4.87. The summed E-state index contributed by atoms with van der Waals surface area (Å²) in [5.74, 6) is 0.311. The van der Waals surface area contributed by atoms with Crippen LogP contribution in [0.1, 0.15) is 37.8 Å². The molecular weight excluding hydrogens is 245 g/mol. The molecule has 1 saturated heterocycles. The molecule has 0 amide bonds. The van der Waals surface area contributed by atoms with E-state index in [4.69, 9.17) is 9.47 Å². The molecule has 1 aromatic carbocycles. The first kappa shape index (κ1) is 14.3. The van der Waals surface area contributed by atoms with Crippen LogP contribution in [-0.4, -0.2) is 26.4 Å². The Bertz CT molecular complexity index is 405. The Hall–Kier alpha value is -1.13. The van der Waals surface area contributed by atoms with Gasteiger partial charge in [-0.2, -0.15) is 0 Å². The number of hydrogen-bond donors (Lipinski definition) is 1. The first-order chi connectivity index (χ1) is 9.26. The Morgan fingerprint density at radius 3 is 2.95 bits per heavy atom. The summed E-state index contributed by atoms with van der Waals surface area (Å²) >= 11 is 0. The highest BCUT2D eigenvalue weighted by Gasteiger charge is 2.28. The summed E-state index contributed by atoms with van der Waals surface area (Å²) < 4.78 is 25.0. The molecule has 2 unspecified atom stereocenters. The lowest BCUT2D eigenvalue weighted by Gasteiger charge is -2.25. The van der Waals surface area contributed by atoms with Crippen molar-refractivity contribution in [2.75, 3.05) is 20.3 Å². The molecule has 1 aromatic rings. The number of ether oxygens (including phenoxy) is 2. The molecule has 0 spiro atoms. The van der Waals surface area contributed by atoms with Crippen molar-refractivity contribution in [2.45, 2.75) is 38.3 Å². The van der Waals surface area contributed by atoms with Crippen LogP contribution in [0.5, 0.6) is 5.75 Å². The highest BCUT2D eigenvalue weighted by atomic mass is 19.1. The van der Waals surface area contributed by atoms with E-state index in [2.05, 4.69) is 12.2 Å². The van der Waals surface area contributed by atoms with Crippen molar-refractivity contribution in [3.05, 3.63) is 29.6 Å². The topological polar surface area (TPSA) is 30.5 Å². The highest BCUT2D eigenvalue weighted by molar-refractivity contribution is 5.31. The van der Waals surface area contributed by atoms with Gasteiger partial charge in [0.2, 0.25) is 0 Å². The summed E-state index contributed by atoms with van der Waals surface area (Å²) in [5, 5.41) is 3.40. The lowest BCUT2D eigenvalue weighted by molar-refractivity contribution is 0.0771. The van der Waals surface area contributed by atoms with Crippen molar-refractivity contribution in [3.8, 4) is 5.75 Å². The minimum Gasteiger partial charge on any atom is -0.497 e. The van der Waals surface area contributed by atoms with Crippen molar-refractivity contribution in [2.24, 2.45) is 0 Å². The average Bonchev–Trinajstić information content (AvgIpc) is 2.94. The molecular formula is C15H22FNO2. The molecule has 1 heterocycles. The summed E-state index contributed by atoms with van der Waals surface area (Å²) in [5.41, 5.74) is 0.668. The Kier molecular flexibility index (Phi) is 5.16. The van der Waals surface area contributed by atoms with Crippen LogP contribution >= 0.6 is 0 Å². The number of benzene rings is 1. The van der Waals surface area contributed by atoms with E-state index in [0.29, 0.717) is 11.3 Å². The van der Waals surface area contributed by atoms with E-state index in [9.17, 15) is 4.39 Å². The fourth-order valence-corrected chi connectivity index (χ4v) is 2.49. The fourth-order valence-electron chi connectivity index (χ4n) is 2.49. The molecule has 3 nitrogen and oxygen atoms in total. The van der Waals surface area contributed by atoms with Gasteiger partial charge in [0.15, 0.2) is 0 Å². The van der Waals surface area contributed by atoms with Gasteiger partial charge in [-0.25, -0.2) is 4.39 Å². The fraction of sp³-hybridized carbons (Fsp3) is 0.600. The van der Waals surface area contributed by atoms with Crippen LogP contribution in [0.25, 0.3) is 0 Å². The zero-order valence-corrected chi connectivity index (χ0v) is 11.6. The van der Waals surface area contributed by atoms with E-state index >= 15 is 0 Å². The smallest absolute Gasteiger partial charge is 0.131 e. The molecule has 0 aliphatic carbocycles. The van der Waals surface area contributed by atoms with E-state index in [-0.39, 0.29) is 18.0 Å². The predicted octanol–water partition coefficient (Wildman–Crippen LogP) is 3.05. The third-order valence-corrected chi connectivity index (χ3v) is 3.49. The number of methoxy groups -OCH3 is 1. The summed E-state index contributed by atoms with van der Waals surface area (Å²) in [6, 6.07) is 4.95.